The number of ether oxygens (including phenoxy) is 1. The van der Waals surface area contributed by atoms with Gasteiger partial charge in [0.2, 0.25) is 0 Å². The van der Waals surface area contributed by atoms with E-state index in [4.69, 9.17) is 4.74 Å². The fraction of sp³-hybridized carbons (Fsp3) is 0.647. The maximum absolute atomic E-state index is 5.20. The molecule has 0 bridgehead atoms. The highest BCUT2D eigenvalue weighted by atomic mass is 16.5. The molecule has 0 saturated carbocycles. The van der Waals surface area contributed by atoms with E-state index in [-0.39, 0.29) is 0 Å². The van der Waals surface area contributed by atoms with Gasteiger partial charge in [-0.15, -0.1) is 0 Å². The summed E-state index contributed by atoms with van der Waals surface area (Å²) in [6.07, 6.45) is 3.64. The van der Waals surface area contributed by atoms with Gasteiger partial charge in [0, 0.05) is 12.1 Å². The van der Waals surface area contributed by atoms with Crippen molar-refractivity contribution in [2.45, 2.75) is 45.2 Å². The molecule has 20 heavy (non-hydrogen) atoms. The van der Waals surface area contributed by atoms with Gasteiger partial charge in [0.05, 0.1) is 7.11 Å². The van der Waals surface area contributed by atoms with Crippen molar-refractivity contribution in [1.29, 1.82) is 0 Å². The van der Waals surface area contributed by atoms with Crippen molar-refractivity contribution in [2.24, 2.45) is 0 Å². The number of nitrogens with zero attached hydrogens (tertiary/aromatic N) is 1. The minimum absolute atomic E-state index is 0.529. The molecule has 0 amide bonds. The average Bonchev–Trinajstić information content (AvgIpc) is 2.49. The highest BCUT2D eigenvalue weighted by molar-refractivity contribution is 5.27. The molecule has 1 aliphatic rings. The van der Waals surface area contributed by atoms with Gasteiger partial charge in [-0.3, -0.25) is 0 Å². The average molecular weight is 276 g/mol. The van der Waals surface area contributed by atoms with Crippen molar-refractivity contribution in [3.8, 4) is 5.75 Å². The first-order valence-electron chi connectivity index (χ1n) is 7.82. The number of rotatable bonds is 6. The third-order valence-electron chi connectivity index (χ3n) is 4.26. The summed E-state index contributed by atoms with van der Waals surface area (Å²) in [5.74, 6) is 0.932. The lowest BCUT2D eigenvalue weighted by atomic mass is 10.0. The van der Waals surface area contributed by atoms with Gasteiger partial charge in [0.1, 0.15) is 5.75 Å². The summed E-state index contributed by atoms with van der Waals surface area (Å²) in [6, 6.07) is 9.63. The summed E-state index contributed by atoms with van der Waals surface area (Å²) in [4.78, 5) is 2.53. The van der Waals surface area contributed by atoms with Crippen molar-refractivity contribution in [3.05, 3.63) is 29.8 Å². The van der Waals surface area contributed by atoms with Crippen molar-refractivity contribution >= 4 is 0 Å². The molecule has 0 radical (unpaired) electrons. The topological polar surface area (TPSA) is 24.5 Å². The van der Waals surface area contributed by atoms with Crippen LogP contribution in [0, 0.1) is 0 Å². The molecule has 1 unspecified atom stereocenters. The predicted octanol–water partition coefficient (Wildman–Crippen LogP) is 2.70. The molecule has 1 saturated heterocycles. The van der Waals surface area contributed by atoms with Gasteiger partial charge in [-0.25, -0.2) is 0 Å². The summed E-state index contributed by atoms with van der Waals surface area (Å²) in [5, 5.41) is 3.78. The Morgan fingerprint density at radius 3 is 2.45 bits per heavy atom. The third-order valence-corrected chi connectivity index (χ3v) is 4.26. The van der Waals surface area contributed by atoms with Crippen LogP contribution in [0.4, 0.5) is 0 Å². The highest BCUT2D eigenvalue weighted by Gasteiger charge is 2.19. The largest absolute Gasteiger partial charge is 0.497 e. The lowest BCUT2D eigenvalue weighted by Crippen LogP contribution is -2.45. The maximum atomic E-state index is 5.20. The number of nitrogens with one attached hydrogen (secondary N) is 1. The maximum Gasteiger partial charge on any atom is 0.118 e. The molecule has 112 valence electrons. The standard InChI is InChI=1S/C17H28N2O/c1-4-19-11-9-16(10-12-19)18-14(2)13-15-5-7-17(20-3)8-6-15/h5-8,14,16,18H,4,9-13H2,1-3H3. The van der Waals surface area contributed by atoms with E-state index in [1.54, 1.807) is 7.11 Å². The first-order valence-corrected chi connectivity index (χ1v) is 7.82. The second-order valence-corrected chi connectivity index (χ2v) is 5.83. The first-order chi connectivity index (χ1) is 9.71. The van der Waals surface area contributed by atoms with E-state index in [0.29, 0.717) is 12.1 Å². The lowest BCUT2D eigenvalue weighted by molar-refractivity contribution is 0.200. The number of likely N-dealkylation sites (tertiary alicyclic amines) is 1. The minimum atomic E-state index is 0.529. The van der Waals surface area contributed by atoms with Crippen LogP contribution in [0.15, 0.2) is 24.3 Å². The molecular formula is C17H28N2O. The van der Waals surface area contributed by atoms with Gasteiger partial charge in [-0.05, 0) is 63.5 Å². The summed E-state index contributed by atoms with van der Waals surface area (Å²) in [7, 11) is 1.71. The zero-order valence-electron chi connectivity index (χ0n) is 13.1. The quantitative estimate of drug-likeness (QED) is 0.864. The van der Waals surface area contributed by atoms with Crippen LogP contribution in [0.3, 0.4) is 0 Å². The molecule has 0 spiro atoms. The summed E-state index contributed by atoms with van der Waals surface area (Å²) >= 11 is 0. The molecule has 1 fully saturated rings. The van der Waals surface area contributed by atoms with Crippen LogP contribution in [0.2, 0.25) is 0 Å². The van der Waals surface area contributed by atoms with Crippen molar-refractivity contribution < 1.29 is 4.74 Å². The van der Waals surface area contributed by atoms with Gasteiger partial charge < -0.3 is 15.0 Å². The van der Waals surface area contributed by atoms with E-state index >= 15 is 0 Å². The van der Waals surface area contributed by atoms with E-state index in [9.17, 15) is 0 Å². The van der Waals surface area contributed by atoms with Gasteiger partial charge in [-0.1, -0.05) is 19.1 Å². The summed E-state index contributed by atoms with van der Waals surface area (Å²) in [5.41, 5.74) is 1.37. The minimum Gasteiger partial charge on any atom is -0.497 e. The molecule has 0 aromatic heterocycles. The Balaban J connectivity index is 1.76. The van der Waals surface area contributed by atoms with Gasteiger partial charge >= 0.3 is 0 Å². The zero-order valence-corrected chi connectivity index (χ0v) is 13.1. The second kappa shape index (κ2) is 7.65. The Bertz CT molecular complexity index is 382. The van der Waals surface area contributed by atoms with Gasteiger partial charge in [-0.2, -0.15) is 0 Å². The molecule has 3 nitrogen and oxygen atoms in total. The van der Waals surface area contributed by atoms with E-state index in [1.807, 2.05) is 12.1 Å². The molecule has 2 rings (SSSR count). The summed E-state index contributed by atoms with van der Waals surface area (Å²) < 4.78 is 5.20. The number of hydrogen-bond acceptors (Lipinski definition) is 3. The zero-order chi connectivity index (χ0) is 14.4. The molecule has 1 N–H and O–H groups in total. The van der Waals surface area contributed by atoms with Gasteiger partial charge in [0.25, 0.3) is 0 Å². The molecule has 0 aliphatic carbocycles. The highest BCUT2D eigenvalue weighted by Crippen LogP contribution is 2.14. The molecule has 1 heterocycles. The Labute approximate surface area is 123 Å². The van der Waals surface area contributed by atoms with Crippen LogP contribution in [-0.2, 0) is 6.42 Å². The molecule has 1 atom stereocenters. The van der Waals surface area contributed by atoms with E-state index in [0.717, 1.165) is 12.2 Å². The fourth-order valence-electron chi connectivity index (χ4n) is 2.99. The lowest BCUT2D eigenvalue weighted by Gasteiger charge is -2.33. The second-order valence-electron chi connectivity index (χ2n) is 5.83. The van der Waals surface area contributed by atoms with Gasteiger partial charge in [0.15, 0.2) is 0 Å². The molecular weight excluding hydrogens is 248 g/mol. The monoisotopic (exact) mass is 276 g/mol. The number of benzene rings is 1. The molecule has 1 aliphatic heterocycles. The Hall–Kier alpha value is -1.06. The number of hydrogen-bond donors (Lipinski definition) is 1. The fourth-order valence-corrected chi connectivity index (χ4v) is 2.99. The predicted molar refractivity (Wildman–Crippen MR) is 84.4 cm³/mol. The Kier molecular flexibility index (Phi) is 5.86. The molecule has 1 aromatic rings. The molecule has 1 aromatic carbocycles. The first kappa shape index (κ1) is 15.3. The summed E-state index contributed by atoms with van der Waals surface area (Å²) in [6.45, 7) is 8.21. The van der Waals surface area contributed by atoms with Crippen LogP contribution in [-0.4, -0.2) is 43.7 Å². The Morgan fingerprint density at radius 1 is 1.25 bits per heavy atom. The van der Waals surface area contributed by atoms with E-state index in [1.165, 1.54) is 38.0 Å². The molecule has 3 heteroatoms. The van der Waals surface area contributed by atoms with Crippen LogP contribution in [0.1, 0.15) is 32.3 Å². The van der Waals surface area contributed by atoms with Crippen molar-refractivity contribution in [3.63, 3.8) is 0 Å². The van der Waals surface area contributed by atoms with E-state index in [2.05, 4.69) is 36.2 Å². The smallest absolute Gasteiger partial charge is 0.118 e. The third kappa shape index (κ3) is 4.50. The van der Waals surface area contributed by atoms with Crippen LogP contribution >= 0.6 is 0 Å². The van der Waals surface area contributed by atoms with E-state index < -0.39 is 0 Å². The van der Waals surface area contributed by atoms with Crippen molar-refractivity contribution in [1.82, 2.24) is 10.2 Å². The van der Waals surface area contributed by atoms with Crippen molar-refractivity contribution in [2.75, 3.05) is 26.7 Å². The number of methoxy groups -OCH3 is 1. The SMILES string of the molecule is CCN1CCC(NC(C)Cc2ccc(OC)cc2)CC1. The van der Waals surface area contributed by atoms with Crippen LogP contribution < -0.4 is 10.1 Å². The number of piperidine rings is 1. The normalized spacial score (nSPS) is 18.9. The Morgan fingerprint density at radius 2 is 1.90 bits per heavy atom. The van der Waals surface area contributed by atoms with Crippen LogP contribution in [0.5, 0.6) is 5.75 Å². The van der Waals surface area contributed by atoms with Crippen LogP contribution in [0.25, 0.3) is 0 Å².